The van der Waals surface area contributed by atoms with E-state index in [9.17, 15) is 9.18 Å². The van der Waals surface area contributed by atoms with Crippen LogP contribution in [0.2, 0.25) is 0 Å². The van der Waals surface area contributed by atoms with E-state index in [1.807, 2.05) is 19.1 Å². The highest BCUT2D eigenvalue weighted by atomic mass is 19.1. The van der Waals surface area contributed by atoms with Gasteiger partial charge in [0.25, 0.3) is 0 Å². The molecule has 0 fully saturated rings. The summed E-state index contributed by atoms with van der Waals surface area (Å²) >= 11 is 0. The first-order chi connectivity index (χ1) is 14.0. The van der Waals surface area contributed by atoms with Crippen LogP contribution in [0.25, 0.3) is 6.08 Å². The summed E-state index contributed by atoms with van der Waals surface area (Å²) in [6.07, 6.45) is 4.03. The lowest BCUT2D eigenvalue weighted by Gasteiger charge is -2.17. The molecular formula is C23H22FNO4. The van der Waals surface area contributed by atoms with Crippen LogP contribution >= 0.6 is 0 Å². The van der Waals surface area contributed by atoms with Crippen LogP contribution in [0.5, 0.6) is 11.5 Å². The van der Waals surface area contributed by atoms with Crippen LogP contribution in [-0.4, -0.2) is 18.3 Å². The Morgan fingerprint density at radius 3 is 2.59 bits per heavy atom. The normalized spacial score (nSPS) is 14.5. The molecule has 0 spiro atoms. The summed E-state index contributed by atoms with van der Waals surface area (Å²) < 4.78 is 25.0. The number of halogens is 1. The first-order valence-corrected chi connectivity index (χ1v) is 9.27. The van der Waals surface area contributed by atoms with E-state index < -0.39 is 5.97 Å². The fourth-order valence-electron chi connectivity index (χ4n) is 2.92. The van der Waals surface area contributed by atoms with E-state index in [1.165, 1.54) is 12.1 Å². The molecule has 0 radical (unpaired) electrons. The van der Waals surface area contributed by atoms with E-state index in [4.69, 9.17) is 14.3 Å². The lowest BCUT2D eigenvalue weighted by molar-refractivity contribution is -0.136. The zero-order valence-corrected chi connectivity index (χ0v) is 16.4. The van der Waals surface area contributed by atoms with Crippen molar-refractivity contribution in [2.75, 3.05) is 6.61 Å². The molecule has 2 aromatic carbocycles. The number of benzene rings is 2. The molecule has 0 aromatic heterocycles. The van der Waals surface area contributed by atoms with Crippen molar-refractivity contribution in [2.45, 2.75) is 26.9 Å². The summed E-state index contributed by atoms with van der Waals surface area (Å²) in [5, 5.41) is 3.70. The molecule has 0 N–H and O–H groups in total. The van der Waals surface area contributed by atoms with Crippen LogP contribution < -0.4 is 9.47 Å². The van der Waals surface area contributed by atoms with Crippen molar-refractivity contribution < 1.29 is 23.5 Å². The number of oxime groups is 1. The first kappa shape index (κ1) is 20.3. The minimum Gasteiger partial charge on any atom is -0.490 e. The highest BCUT2D eigenvalue weighted by Crippen LogP contribution is 2.35. The number of carbonyl (C=O) groups is 1. The van der Waals surface area contributed by atoms with Crippen LogP contribution in [0.3, 0.4) is 0 Å². The van der Waals surface area contributed by atoms with E-state index in [0.717, 1.165) is 16.7 Å². The molecule has 1 aliphatic heterocycles. The van der Waals surface area contributed by atoms with E-state index in [2.05, 4.69) is 11.7 Å². The summed E-state index contributed by atoms with van der Waals surface area (Å²) in [6, 6.07) is 9.86. The maximum absolute atomic E-state index is 13.1. The van der Waals surface area contributed by atoms with Crippen LogP contribution in [0, 0.1) is 5.82 Å². The Hall–Kier alpha value is -3.41. The van der Waals surface area contributed by atoms with E-state index in [1.54, 1.807) is 31.2 Å². The lowest BCUT2D eigenvalue weighted by Crippen LogP contribution is -2.05. The second-order valence-electron chi connectivity index (χ2n) is 6.46. The van der Waals surface area contributed by atoms with Crippen molar-refractivity contribution >= 4 is 17.8 Å². The third-order valence-electron chi connectivity index (χ3n) is 4.30. The number of rotatable bonds is 8. The average Bonchev–Trinajstić information content (AvgIpc) is 3.01. The number of carbonyl (C=O) groups excluding carboxylic acids is 1. The average molecular weight is 395 g/mol. The zero-order valence-electron chi connectivity index (χ0n) is 16.4. The van der Waals surface area contributed by atoms with E-state index in [-0.39, 0.29) is 12.4 Å². The molecule has 0 saturated heterocycles. The molecule has 0 amide bonds. The molecule has 150 valence electrons. The predicted molar refractivity (Wildman–Crippen MR) is 109 cm³/mol. The zero-order chi connectivity index (χ0) is 20.8. The fourth-order valence-corrected chi connectivity index (χ4v) is 2.92. The lowest BCUT2D eigenvalue weighted by atomic mass is 10.0. The van der Waals surface area contributed by atoms with Gasteiger partial charge in [-0.25, -0.2) is 9.18 Å². The Balaban J connectivity index is 1.96. The predicted octanol–water partition coefficient (Wildman–Crippen LogP) is 4.85. The molecule has 0 aliphatic carbocycles. The molecule has 1 heterocycles. The minimum absolute atomic E-state index is 0.267. The van der Waals surface area contributed by atoms with Crippen molar-refractivity contribution in [3.63, 3.8) is 0 Å². The van der Waals surface area contributed by atoms with Gasteiger partial charge >= 0.3 is 5.97 Å². The maximum Gasteiger partial charge on any atom is 0.367 e. The van der Waals surface area contributed by atoms with Crippen molar-refractivity contribution in [1.82, 2.24) is 0 Å². The number of allylic oxidation sites excluding steroid dienone is 1. The Labute approximate surface area is 169 Å². The van der Waals surface area contributed by atoms with Crippen LogP contribution in [-0.2, 0) is 22.7 Å². The molecule has 0 bridgehead atoms. The van der Waals surface area contributed by atoms with Gasteiger partial charge in [0.1, 0.15) is 12.4 Å². The van der Waals surface area contributed by atoms with Crippen LogP contribution in [0.1, 0.15) is 30.5 Å². The van der Waals surface area contributed by atoms with E-state index in [0.29, 0.717) is 35.8 Å². The molecule has 5 nitrogen and oxygen atoms in total. The van der Waals surface area contributed by atoms with Crippen molar-refractivity contribution in [2.24, 2.45) is 5.16 Å². The van der Waals surface area contributed by atoms with Gasteiger partial charge in [-0.1, -0.05) is 23.4 Å². The molecule has 2 aromatic rings. The number of hydrogen-bond acceptors (Lipinski definition) is 5. The molecule has 0 saturated carbocycles. The first-order valence-electron chi connectivity index (χ1n) is 9.27. The van der Waals surface area contributed by atoms with Gasteiger partial charge in [-0.15, -0.1) is 6.58 Å². The smallest absolute Gasteiger partial charge is 0.367 e. The number of hydrogen-bond donors (Lipinski definition) is 0. The second-order valence-corrected chi connectivity index (χ2v) is 6.46. The highest BCUT2D eigenvalue weighted by molar-refractivity contribution is 6.24. The fraction of sp³-hybridized carbons (Fsp3) is 0.217. The Kier molecular flexibility index (Phi) is 6.44. The summed E-state index contributed by atoms with van der Waals surface area (Å²) in [6.45, 7) is 8.12. The van der Waals surface area contributed by atoms with Gasteiger partial charge in [-0.05, 0) is 61.7 Å². The number of ether oxygens (including phenoxy) is 2. The van der Waals surface area contributed by atoms with Crippen molar-refractivity contribution in [1.29, 1.82) is 0 Å². The second kappa shape index (κ2) is 9.19. The molecular weight excluding hydrogens is 373 g/mol. The number of nitrogens with zero attached hydrogens (tertiary/aromatic N) is 1. The monoisotopic (exact) mass is 395 g/mol. The SMILES string of the molecule is C=CCc1cc(/C=C2\C(=O)ON=C2C)cc(OCC)c1OCc1ccc(F)cc1. The van der Waals surface area contributed by atoms with E-state index >= 15 is 0 Å². The maximum atomic E-state index is 13.1. The van der Waals surface area contributed by atoms with Gasteiger partial charge in [-0.3, -0.25) is 0 Å². The Morgan fingerprint density at radius 2 is 1.97 bits per heavy atom. The third kappa shape index (κ3) is 4.90. The summed E-state index contributed by atoms with van der Waals surface area (Å²) in [7, 11) is 0. The van der Waals surface area contributed by atoms with Gasteiger partial charge in [0, 0.05) is 5.56 Å². The molecule has 6 heteroatoms. The van der Waals surface area contributed by atoms with Gasteiger partial charge in [0.05, 0.1) is 17.9 Å². The topological polar surface area (TPSA) is 57.1 Å². The Bertz CT molecular complexity index is 977. The quantitative estimate of drug-likeness (QED) is 0.364. The van der Waals surface area contributed by atoms with Crippen molar-refractivity contribution in [3.8, 4) is 11.5 Å². The van der Waals surface area contributed by atoms with Gasteiger partial charge in [-0.2, -0.15) is 0 Å². The molecule has 3 rings (SSSR count). The third-order valence-corrected chi connectivity index (χ3v) is 4.30. The van der Waals surface area contributed by atoms with Crippen LogP contribution in [0.15, 0.2) is 59.8 Å². The van der Waals surface area contributed by atoms with Crippen LogP contribution in [0.4, 0.5) is 4.39 Å². The molecule has 29 heavy (non-hydrogen) atoms. The minimum atomic E-state index is -0.484. The summed E-state index contributed by atoms with van der Waals surface area (Å²) in [4.78, 5) is 16.6. The molecule has 1 aliphatic rings. The summed E-state index contributed by atoms with van der Waals surface area (Å²) in [5.41, 5.74) is 3.39. The highest BCUT2D eigenvalue weighted by Gasteiger charge is 2.22. The van der Waals surface area contributed by atoms with Gasteiger partial charge in [0.2, 0.25) is 0 Å². The van der Waals surface area contributed by atoms with Gasteiger partial charge < -0.3 is 14.3 Å². The van der Waals surface area contributed by atoms with Crippen molar-refractivity contribution in [3.05, 3.63) is 77.1 Å². The standard InChI is InChI=1S/C23H22FNO4/c1-4-6-18-11-17(12-20-15(3)25-29-23(20)26)13-21(27-5-2)22(18)28-14-16-7-9-19(24)10-8-16/h4,7-13H,1,5-6,14H2,2-3H3/b20-12-. The summed E-state index contributed by atoms with van der Waals surface area (Å²) in [5.74, 6) is 0.375. The molecule has 0 unspecified atom stereocenters. The molecule has 0 atom stereocenters. The largest absolute Gasteiger partial charge is 0.490 e. The Morgan fingerprint density at radius 1 is 1.21 bits per heavy atom. The van der Waals surface area contributed by atoms with Gasteiger partial charge in [0.15, 0.2) is 11.5 Å².